The van der Waals surface area contributed by atoms with Crippen LogP contribution in [0, 0.1) is 0 Å². The highest BCUT2D eigenvalue weighted by molar-refractivity contribution is 6.42. The second kappa shape index (κ2) is 11.3. The van der Waals surface area contributed by atoms with E-state index in [1.807, 2.05) is 0 Å². The third kappa shape index (κ3) is 5.99. The van der Waals surface area contributed by atoms with Crippen LogP contribution in [0.1, 0.15) is 16.7 Å². The highest BCUT2D eigenvalue weighted by Gasteiger charge is 2.31. The van der Waals surface area contributed by atoms with Crippen LogP contribution in [-0.2, 0) is 12.8 Å². The molecule has 0 N–H and O–H groups in total. The minimum atomic E-state index is -4.57. The highest BCUT2D eigenvalue weighted by Crippen LogP contribution is 2.32. The number of benzene rings is 4. The van der Waals surface area contributed by atoms with Crippen molar-refractivity contribution in [1.82, 2.24) is 9.66 Å². The summed E-state index contributed by atoms with van der Waals surface area (Å²) in [7, 11) is 0. The van der Waals surface area contributed by atoms with E-state index in [2.05, 4.69) is 10.1 Å². The molecule has 11 heteroatoms. The van der Waals surface area contributed by atoms with E-state index in [1.165, 1.54) is 18.3 Å². The van der Waals surface area contributed by atoms with Crippen LogP contribution in [0.5, 0.6) is 5.75 Å². The standard InChI is InChI=1S/C29H17Cl3F3N3O2/c30-22-10-8-18(13-23(22)31)16-40-26-11-9-17(12-24(26)32)15-36-38-27(19-4-3-5-20(14-19)29(33,34)35)37-25-7-2-1-6-21(25)28(38)39/h1-15H,16H2. The fourth-order valence-electron chi connectivity index (χ4n) is 3.88. The molecule has 0 fully saturated rings. The summed E-state index contributed by atoms with van der Waals surface area (Å²) in [4.78, 5) is 17.8. The fraction of sp³-hybridized carbons (Fsp3) is 0.0690. The van der Waals surface area contributed by atoms with Gasteiger partial charge in [-0.3, -0.25) is 4.79 Å². The molecule has 5 rings (SSSR count). The van der Waals surface area contributed by atoms with Crippen molar-refractivity contribution in [3.63, 3.8) is 0 Å². The fourth-order valence-corrected chi connectivity index (χ4v) is 4.45. The van der Waals surface area contributed by atoms with E-state index in [0.29, 0.717) is 26.9 Å². The van der Waals surface area contributed by atoms with Gasteiger partial charge in [-0.1, -0.05) is 65.1 Å². The molecule has 4 aromatic carbocycles. The zero-order valence-corrected chi connectivity index (χ0v) is 22.6. The second-order valence-corrected chi connectivity index (χ2v) is 9.84. The highest BCUT2D eigenvalue weighted by atomic mass is 35.5. The van der Waals surface area contributed by atoms with Crippen molar-refractivity contribution in [3.05, 3.63) is 127 Å². The molecule has 0 aliphatic heterocycles. The summed E-state index contributed by atoms with van der Waals surface area (Å²) in [5.41, 5.74) is 0.313. The molecule has 0 saturated carbocycles. The lowest BCUT2D eigenvalue weighted by molar-refractivity contribution is -0.137. The van der Waals surface area contributed by atoms with Crippen LogP contribution in [0.4, 0.5) is 13.2 Å². The van der Waals surface area contributed by atoms with Crippen LogP contribution in [0.3, 0.4) is 0 Å². The molecule has 0 atom stereocenters. The summed E-state index contributed by atoms with van der Waals surface area (Å²) in [6, 6.07) is 21.1. The molecule has 0 radical (unpaired) electrons. The minimum Gasteiger partial charge on any atom is -0.487 e. The molecule has 0 saturated heterocycles. The molecule has 40 heavy (non-hydrogen) atoms. The minimum absolute atomic E-state index is 0.0428. The van der Waals surface area contributed by atoms with Crippen LogP contribution in [0.2, 0.25) is 15.1 Å². The van der Waals surface area contributed by atoms with Crippen molar-refractivity contribution in [1.29, 1.82) is 0 Å². The third-order valence-corrected chi connectivity index (χ3v) is 6.89. The van der Waals surface area contributed by atoms with Crippen LogP contribution in [-0.4, -0.2) is 15.9 Å². The van der Waals surface area contributed by atoms with Crippen molar-refractivity contribution in [3.8, 4) is 17.1 Å². The molecule has 0 aliphatic carbocycles. The first kappa shape index (κ1) is 27.7. The summed E-state index contributed by atoms with van der Waals surface area (Å²) in [6.45, 7) is 0.197. The molecule has 0 bridgehead atoms. The second-order valence-electron chi connectivity index (χ2n) is 8.62. The van der Waals surface area contributed by atoms with Crippen LogP contribution >= 0.6 is 34.8 Å². The molecule has 0 unspecified atom stereocenters. The zero-order valence-electron chi connectivity index (χ0n) is 20.3. The lowest BCUT2D eigenvalue weighted by Gasteiger charge is -2.12. The average molecular weight is 603 g/mol. The van der Waals surface area contributed by atoms with Gasteiger partial charge in [0.2, 0.25) is 0 Å². The van der Waals surface area contributed by atoms with Crippen molar-refractivity contribution < 1.29 is 17.9 Å². The third-order valence-electron chi connectivity index (χ3n) is 5.86. The Balaban J connectivity index is 1.48. The van der Waals surface area contributed by atoms with E-state index in [0.717, 1.165) is 22.4 Å². The first-order chi connectivity index (χ1) is 19.1. The van der Waals surface area contributed by atoms with E-state index in [1.54, 1.807) is 60.7 Å². The van der Waals surface area contributed by atoms with Crippen LogP contribution in [0.15, 0.2) is 94.8 Å². The predicted molar refractivity (Wildman–Crippen MR) is 152 cm³/mol. The molecule has 0 spiro atoms. The van der Waals surface area contributed by atoms with Gasteiger partial charge in [0.1, 0.15) is 12.4 Å². The van der Waals surface area contributed by atoms with E-state index in [4.69, 9.17) is 39.5 Å². The maximum absolute atomic E-state index is 13.4. The first-order valence-electron chi connectivity index (χ1n) is 11.7. The SMILES string of the molecule is O=c1c2ccccc2nc(-c2cccc(C(F)(F)F)c2)n1N=Cc1ccc(OCc2ccc(Cl)c(Cl)c2)c(Cl)c1. The Hall–Kier alpha value is -3.85. The van der Waals surface area contributed by atoms with E-state index < -0.39 is 17.3 Å². The van der Waals surface area contributed by atoms with Gasteiger partial charge in [-0.15, -0.1) is 0 Å². The Morgan fingerprint density at radius 1 is 0.875 bits per heavy atom. The number of hydrogen-bond donors (Lipinski definition) is 0. The molecule has 202 valence electrons. The monoisotopic (exact) mass is 601 g/mol. The van der Waals surface area contributed by atoms with Crippen molar-refractivity contribution in [2.24, 2.45) is 5.10 Å². The Morgan fingerprint density at radius 3 is 2.42 bits per heavy atom. The number of hydrogen-bond acceptors (Lipinski definition) is 4. The molecule has 1 heterocycles. The maximum Gasteiger partial charge on any atom is 0.416 e. The van der Waals surface area contributed by atoms with E-state index >= 15 is 0 Å². The number of rotatable bonds is 6. The van der Waals surface area contributed by atoms with Gasteiger partial charge in [0, 0.05) is 5.56 Å². The zero-order chi connectivity index (χ0) is 28.4. The van der Waals surface area contributed by atoms with E-state index in [9.17, 15) is 18.0 Å². The number of aromatic nitrogens is 2. The molecular formula is C29H17Cl3F3N3O2. The topological polar surface area (TPSA) is 56.5 Å². The Bertz CT molecular complexity index is 1820. The van der Waals surface area contributed by atoms with Gasteiger partial charge in [-0.05, 0) is 65.7 Å². The number of halogens is 6. The van der Waals surface area contributed by atoms with Gasteiger partial charge in [0.15, 0.2) is 5.82 Å². The van der Waals surface area contributed by atoms with Gasteiger partial charge in [-0.25, -0.2) is 4.98 Å². The Morgan fingerprint density at radius 2 is 1.68 bits per heavy atom. The predicted octanol–water partition coefficient (Wildman–Crippen LogP) is 8.50. The maximum atomic E-state index is 13.4. The van der Waals surface area contributed by atoms with E-state index in [-0.39, 0.29) is 28.4 Å². The van der Waals surface area contributed by atoms with Crippen molar-refractivity contribution in [2.45, 2.75) is 12.8 Å². The van der Waals surface area contributed by atoms with Crippen molar-refractivity contribution >= 4 is 51.9 Å². The van der Waals surface area contributed by atoms with Crippen LogP contribution < -0.4 is 10.3 Å². The van der Waals surface area contributed by atoms with Gasteiger partial charge < -0.3 is 4.74 Å². The van der Waals surface area contributed by atoms with Gasteiger partial charge >= 0.3 is 6.18 Å². The molecule has 5 aromatic rings. The Kier molecular flexibility index (Phi) is 7.85. The molecule has 0 amide bonds. The Labute approximate surface area is 241 Å². The quantitative estimate of drug-likeness (QED) is 0.183. The van der Waals surface area contributed by atoms with Crippen molar-refractivity contribution in [2.75, 3.05) is 0 Å². The summed E-state index contributed by atoms with van der Waals surface area (Å²) < 4.78 is 46.9. The number of ether oxygens (including phenoxy) is 1. The largest absolute Gasteiger partial charge is 0.487 e. The summed E-state index contributed by atoms with van der Waals surface area (Å²) in [5.74, 6) is 0.359. The van der Waals surface area contributed by atoms with Gasteiger partial charge in [0.25, 0.3) is 5.56 Å². The molecule has 5 nitrogen and oxygen atoms in total. The summed E-state index contributed by atoms with van der Waals surface area (Å²) in [5, 5.41) is 5.67. The number of para-hydroxylation sites is 1. The summed E-state index contributed by atoms with van der Waals surface area (Å²) in [6.07, 6.45) is -3.20. The molecule has 1 aromatic heterocycles. The smallest absolute Gasteiger partial charge is 0.416 e. The lowest BCUT2D eigenvalue weighted by atomic mass is 10.1. The van der Waals surface area contributed by atoms with Gasteiger partial charge in [-0.2, -0.15) is 22.9 Å². The molecule has 0 aliphatic rings. The summed E-state index contributed by atoms with van der Waals surface area (Å²) >= 11 is 18.4. The normalized spacial score (nSPS) is 11.8. The number of fused-ring (bicyclic) bond motifs is 1. The number of nitrogens with zero attached hydrogens (tertiary/aromatic N) is 3. The van der Waals surface area contributed by atoms with Gasteiger partial charge in [0.05, 0.1) is 37.7 Å². The lowest BCUT2D eigenvalue weighted by Crippen LogP contribution is -2.20. The average Bonchev–Trinajstić information content (AvgIpc) is 2.93. The number of alkyl halides is 3. The molecular weight excluding hydrogens is 586 g/mol. The first-order valence-corrected chi connectivity index (χ1v) is 12.8. The van der Waals surface area contributed by atoms with Crippen LogP contribution in [0.25, 0.3) is 22.3 Å².